The molecule has 1 heterocycles. The Balaban J connectivity index is 2.38. The summed E-state index contributed by atoms with van der Waals surface area (Å²) in [6, 6.07) is 0. The molecule has 90 valence electrons. The summed E-state index contributed by atoms with van der Waals surface area (Å²) in [6.07, 6.45) is 4.12. The second kappa shape index (κ2) is 5.37. The van der Waals surface area contributed by atoms with Crippen molar-refractivity contribution in [3.63, 3.8) is 0 Å². The van der Waals surface area contributed by atoms with Crippen molar-refractivity contribution >= 4 is 27.2 Å². The van der Waals surface area contributed by atoms with Crippen LogP contribution in [0.3, 0.4) is 0 Å². The van der Waals surface area contributed by atoms with E-state index in [1.807, 2.05) is 6.20 Å². The van der Waals surface area contributed by atoms with Crippen molar-refractivity contribution < 1.29 is 8.42 Å². The molecule has 0 atom stereocenters. The van der Waals surface area contributed by atoms with E-state index in [1.165, 1.54) is 0 Å². The van der Waals surface area contributed by atoms with Gasteiger partial charge in [-0.1, -0.05) is 12.2 Å². The highest BCUT2D eigenvalue weighted by Crippen LogP contribution is 1.96. The molecule has 0 fully saturated rings. The van der Waals surface area contributed by atoms with Crippen LogP contribution in [-0.2, 0) is 23.5 Å². The molecule has 0 radical (unpaired) electrons. The van der Waals surface area contributed by atoms with Crippen molar-refractivity contribution in [2.75, 3.05) is 12.3 Å². The SMILES string of the molecule is Cn1cc(CCNS(=O)(=O)CC(N)=S)cn1. The molecular formula is C8H14N4O2S2. The first-order valence-corrected chi connectivity index (χ1v) is 6.68. The minimum atomic E-state index is -3.39. The molecule has 1 aromatic rings. The lowest BCUT2D eigenvalue weighted by atomic mass is 10.3. The highest BCUT2D eigenvalue weighted by Gasteiger charge is 2.10. The fraction of sp³-hybridized carbons (Fsp3) is 0.500. The lowest BCUT2D eigenvalue weighted by Gasteiger charge is -2.04. The van der Waals surface area contributed by atoms with Gasteiger partial charge in [0, 0.05) is 19.8 Å². The Hall–Kier alpha value is -0.990. The van der Waals surface area contributed by atoms with Crippen molar-refractivity contribution in [3.05, 3.63) is 18.0 Å². The molecule has 3 N–H and O–H groups in total. The van der Waals surface area contributed by atoms with Gasteiger partial charge in [-0.2, -0.15) is 5.10 Å². The molecule has 0 saturated heterocycles. The maximum atomic E-state index is 11.3. The first-order chi connectivity index (χ1) is 7.39. The van der Waals surface area contributed by atoms with Gasteiger partial charge in [0.05, 0.1) is 11.2 Å². The quantitative estimate of drug-likeness (QED) is 0.653. The number of nitrogens with zero attached hydrogens (tertiary/aromatic N) is 2. The number of nitrogens with two attached hydrogens (primary N) is 1. The summed E-state index contributed by atoms with van der Waals surface area (Å²) in [5, 5.41) is 3.98. The molecule has 0 bridgehead atoms. The average molecular weight is 262 g/mol. The van der Waals surface area contributed by atoms with Crippen molar-refractivity contribution in [1.29, 1.82) is 0 Å². The molecule has 0 amide bonds. The van der Waals surface area contributed by atoms with Crippen LogP contribution in [0.15, 0.2) is 12.4 Å². The Morgan fingerprint density at radius 3 is 2.88 bits per heavy atom. The zero-order chi connectivity index (χ0) is 12.2. The minimum absolute atomic E-state index is 0.0334. The Kier molecular flexibility index (Phi) is 4.39. The summed E-state index contributed by atoms with van der Waals surface area (Å²) < 4.78 is 26.8. The van der Waals surface area contributed by atoms with Crippen molar-refractivity contribution in [1.82, 2.24) is 14.5 Å². The number of thiocarbonyl (C=S) groups is 1. The van der Waals surface area contributed by atoms with E-state index < -0.39 is 10.0 Å². The molecule has 0 aliphatic rings. The lowest BCUT2D eigenvalue weighted by molar-refractivity contribution is 0.585. The fourth-order valence-electron chi connectivity index (χ4n) is 1.19. The summed E-state index contributed by atoms with van der Waals surface area (Å²) >= 11 is 4.54. The van der Waals surface area contributed by atoms with Gasteiger partial charge < -0.3 is 5.73 Å². The maximum Gasteiger partial charge on any atom is 0.218 e. The number of aromatic nitrogens is 2. The van der Waals surface area contributed by atoms with Crippen molar-refractivity contribution in [2.24, 2.45) is 12.8 Å². The maximum absolute atomic E-state index is 11.3. The molecule has 0 unspecified atom stereocenters. The topological polar surface area (TPSA) is 90.0 Å². The van der Waals surface area contributed by atoms with Crippen LogP contribution in [0.2, 0.25) is 0 Å². The number of nitrogens with one attached hydrogen (secondary N) is 1. The summed E-state index contributed by atoms with van der Waals surface area (Å²) in [5.74, 6) is -0.310. The van der Waals surface area contributed by atoms with Crippen LogP contribution in [0.25, 0.3) is 0 Å². The molecule has 0 aliphatic carbocycles. The number of hydrogen-bond donors (Lipinski definition) is 2. The van der Waals surface area contributed by atoms with E-state index in [2.05, 4.69) is 22.0 Å². The Labute approximate surface area is 99.9 Å². The number of sulfonamides is 1. The van der Waals surface area contributed by atoms with E-state index in [9.17, 15) is 8.42 Å². The Morgan fingerprint density at radius 2 is 2.38 bits per heavy atom. The first kappa shape index (κ1) is 13.1. The van der Waals surface area contributed by atoms with Crippen LogP contribution in [-0.4, -0.2) is 35.5 Å². The van der Waals surface area contributed by atoms with E-state index in [0.29, 0.717) is 13.0 Å². The van der Waals surface area contributed by atoms with Gasteiger partial charge in [0.1, 0.15) is 5.75 Å². The third-order valence-corrected chi connectivity index (χ3v) is 3.49. The molecule has 0 aromatic carbocycles. The molecule has 6 nitrogen and oxygen atoms in total. The van der Waals surface area contributed by atoms with Crippen molar-refractivity contribution in [2.45, 2.75) is 6.42 Å². The molecule has 8 heteroatoms. The largest absolute Gasteiger partial charge is 0.392 e. The Bertz CT molecular complexity index is 466. The fourth-order valence-corrected chi connectivity index (χ4v) is 2.55. The van der Waals surface area contributed by atoms with E-state index >= 15 is 0 Å². The van der Waals surface area contributed by atoms with Crippen LogP contribution in [0.4, 0.5) is 0 Å². The number of rotatable bonds is 6. The van der Waals surface area contributed by atoms with Gasteiger partial charge in [0.25, 0.3) is 0 Å². The second-order valence-corrected chi connectivity index (χ2v) is 5.72. The van der Waals surface area contributed by atoms with Gasteiger partial charge in [0.2, 0.25) is 10.0 Å². The summed E-state index contributed by atoms with van der Waals surface area (Å²) in [6.45, 7) is 0.316. The van der Waals surface area contributed by atoms with Crippen LogP contribution >= 0.6 is 12.2 Å². The summed E-state index contributed by atoms with van der Waals surface area (Å²) in [4.78, 5) is -0.0334. The van der Waals surface area contributed by atoms with Gasteiger partial charge in [-0.3, -0.25) is 4.68 Å². The Morgan fingerprint density at radius 1 is 1.69 bits per heavy atom. The van der Waals surface area contributed by atoms with Crippen LogP contribution < -0.4 is 10.5 Å². The minimum Gasteiger partial charge on any atom is -0.392 e. The van der Waals surface area contributed by atoms with Gasteiger partial charge in [0.15, 0.2) is 0 Å². The van der Waals surface area contributed by atoms with Crippen LogP contribution in [0, 0.1) is 0 Å². The molecule has 1 aromatic heterocycles. The average Bonchev–Trinajstić information content (AvgIpc) is 2.48. The smallest absolute Gasteiger partial charge is 0.218 e. The third-order valence-electron chi connectivity index (χ3n) is 1.83. The zero-order valence-electron chi connectivity index (χ0n) is 8.88. The first-order valence-electron chi connectivity index (χ1n) is 4.62. The van der Waals surface area contributed by atoms with Gasteiger partial charge in [-0.15, -0.1) is 0 Å². The van der Waals surface area contributed by atoms with Gasteiger partial charge in [-0.05, 0) is 12.0 Å². The standard InChI is InChI=1S/C8H14N4O2S2/c1-12-5-7(4-10-12)2-3-11-16(13,14)6-8(9)15/h4-5,11H,2-3,6H2,1H3,(H2,9,15). The van der Waals surface area contributed by atoms with Gasteiger partial charge in [-0.25, -0.2) is 13.1 Å². The second-order valence-electron chi connectivity index (χ2n) is 3.39. The molecule has 1 rings (SSSR count). The highest BCUT2D eigenvalue weighted by atomic mass is 32.2. The molecule has 0 saturated carbocycles. The predicted molar refractivity (Wildman–Crippen MR) is 65.5 cm³/mol. The summed E-state index contributed by atoms with van der Waals surface area (Å²) in [7, 11) is -1.58. The van der Waals surface area contributed by atoms with E-state index in [-0.39, 0.29) is 10.7 Å². The van der Waals surface area contributed by atoms with E-state index in [4.69, 9.17) is 5.73 Å². The molecule has 0 aliphatic heterocycles. The third kappa shape index (κ3) is 4.69. The van der Waals surface area contributed by atoms with E-state index in [0.717, 1.165) is 5.56 Å². The van der Waals surface area contributed by atoms with Gasteiger partial charge >= 0.3 is 0 Å². The molecular weight excluding hydrogens is 248 g/mol. The van der Waals surface area contributed by atoms with Crippen molar-refractivity contribution in [3.8, 4) is 0 Å². The zero-order valence-corrected chi connectivity index (χ0v) is 10.5. The predicted octanol–water partition coefficient (Wildman–Crippen LogP) is -0.832. The van der Waals surface area contributed by atoms with E-state index in [1.54, 1.807) is 17.9 Å². The molecule has 16 heavy (non-hydrogen) atoms. The molecule has 0 spiro atoms. The van der Waals surface area contributed by atoms with Crippen LogP contribution in [0.1, 0.15) is 5.56 Å². The lowest BCUT2D eigenvalue weighted by Crippen LogP contribution is -2.33. The number of hydrogen-bond acceptors (Lipinski definition) is 4. The highest BCUT2D eigenvalue weighted by molar-refractivity contribution is 7.92. The number of aryl methyl sites for hydroxylation is 1. The van der Waals surface area contributed by atoms with Crippen LogP contribution in [0.5, 0.6) is 0 Å². The monoisotopic (exact) mass is 262 g/mol. The normalized spacial score (nSPS) is 11.6. The summed E-state index contributed by atoms with van der Waals surface area (Å²) in [5.41, 5.74) is 6.14.